The van der Waals surface area contributed by atoms with Crippen LogP contribution in [0.15, 0.2) is 67.6 Å². The summed E-state index contributed by atoms with van der Waals surface area (Å²) in [6, 6.07) is 9.43. The van der Waals surface area contributed by atoms with Gasteiger partial charge in [0.25, 0.3) is 0 Å². The maximum Gasteiger partial charge on any atom is 0.248 e. The molecule has 0 saturated carbocycles. The molecule has 12 nitrogen and oxygen atoms in total. The van der Waals surface area contributed by atoms with E-state index in [1.807, 2.05) is 83.3 Å². The number of hydrogen-bond acceptors (Lipinski definition) is 7. The lowest BCUT2D eigenvalue weighted by atomic mass is 10.1. The van der Waals surface area contributed by atoms with E-state index in [0.717, 1.165) is 61.7 Å². The molecule has 0 spiro atoms. The van der Waals surface area contributed by atoms with E-state index in [1.165, 1.54) is 0 Å². The summed E-state index contributed by atoms with van der Waals surface area (Å²) < 4.78 is 7.58. The third-order valence-electron chi connectivity index (χ3n) is 8.30. The third kappa shape index (κ3) is 4.64. The van der Waals surface area contributed by atoms with Crippen molar-refractivity contribution < 1.29 is 4.79 Å². The molecule has 6 heterocycles. The molecule has 0 saturated heterocycles. The standard InChI is InChI=1S/C34H35N11O/c1-7-21-14-22(32(35)46)8-9-25(21)44-34-29(31(40-44)20(4)5)27(11-13-37-34)45-33-28(30(41-45)19(2)3)26(10-12-36-33)43-17-24(38-18-43)23-15-39-42(6)16-23/h8-20H,7H2,1-6H3,(H2,35,46). The van der Waals surface area contributed by atoms with Gasteiger partial charge in [-0.1, -0.05) is 34.6 Å². The molecule has 0 aliphatic rings. The normalized spacial score (nSPS) is 11.9. The summed E-state index contributed by atoms with van der Waals surface area (Å²) >= 11 is 0. The minimum Gasteiger partial charge on any atom is -0.366 e. The van der Waals surface area contributed by atoms with Crippen molar-refractivity contribution in [2.24, 2.45) is 12.8 Å². The van der Waals surface area contributed by atoms with Crippen LogP contribution >= 0.6 is 0 Å². The fourth-order valence-corrected chi connectivity index (χ4v) is 6.03. The van der Waals surface area contributed by atoms with Crippen molar-refractivity contribution in [3.8, 4) is 28.3 Å². The van der Waals surface area contributed by atoms with E-state index in [0.29, 0.717) is 17.6 Å². The van der Waals surface area contributed by atoms with E-state index < -0.39 is 5.91 Å². The van der Waals surface area contributed by atoms with Crippen LogP contribution in [0.4, 0.5) is 0 Å². The Balaban J connectivity index is 1.46. The van der Waals surface area contributed by atoms with Gasteiger partial charge in [-0.15, -0.1) is 0 Å². The Bertz CT molecular complexity index is 2260. The first-order valence-electron chi connectivity index (χ1n) is 15.4. The molecule has 7 rings (SSSR count). The Labute approximate surface area is 265 Å². The van der Waals surface area contributed by atoms with Gasteiger partial charge in [0.2, 0.25) is 5.91 Å². The molecule has 1 aromatic carbocycles. The number of aromatic nitrogens is 10. The number of carbonyl (C=O) groups is 1. The van der Waals surface area contributed by atoms with Crippen molar-refractivity contribution in [2.45, 2.75) is 52.9 Å². The third-order valence-corrected chi connectivity index (χ3v) is 8.30. The van der Waals surface area contributed by atoms with Crippen LogP contribution in [0.25, 0.3) is 50.4 Å². The molecule has 1 amide bonds. The molecule has 0 unspecified atom stereocenters. The van der Waals surface area contributed by atoms with Crippen LogP contribution in [0.5, 0.6) is 0 Å². The van der Waals surface area contributed by atoms with Crippen LogP contribution in [0.3, 0.4) is 0 Å². The number of pyridine rings is 2. The highest BCUT2D eigenvalue weighted by Gasteiger charge is 2.25. The molecule has 6 aromatic heterocycles. The van der Waals surface area contributed by atoms with E-state index in [2.05, 4.69) is 37.8 Å². The number of benzene rings is 1. The summed E-state index contributed by atoms with van der Waals surface area (Å²) in [4.78, 5) is 26.3. The van der Waals surface area contributed by atoms with Crippen molar-refractivity contribution in [2.75, 3.05) is 0 Å². The molecule has 232 valence electrons. The zero-order valence-corrected chi connectivity index (χ0v) is 26.7. The Hall–Kier alpha value is -5.65. The van der Waals surface area contributed by atoms with Gasteiger partial charge < -0.3 is 10.3 Å². The minimum absolute atomic E-state index is 0.0911. The van der Waals surface area contributed by atoms with Gasteiger partial charge in [-0.2, -0.15) is 15.3 Å². The average Bonchev–Trinajstić information content (AvgIpc) is 3.85. The number of fused-ring (bicyclic) bond motifs is 2. The summed E-state index contributed by atoms with van der Waals surface area (Å²) in [7, 11) is 1.89. The molecule has 0 radical (unpaired) electrons. The van der Waals surface area contributed by atoms with E-state index in [1.54, 1.807) is 16.9 Å². The lowest BCUT2D eigenvalue weighted by Crippen LogP contribution is -2.12. The van der Waals surface area contributed by atoms with Crippen molar-refractivity contribution in [1.82, 2.24) is 48.9 Å². The fraction of sp³-hybridized carbons (Fsp3) is 0.265. The molecule has 46 heavy (non-hydrogen) atoms. The molecule has 2 N–H and O–H groups in total. The second-order valence-corrected chi connectivity index (χ2v) is 12.1. The van der Waals surface area contributed by atoms with Gasteiger partial charge in [-0.05, 0) is 54.2 Å². The van der Waals surface area contributed by atoms with Crippen molar-refractivity contribution in [3.63, 3.8) is 0 Å². The number of nitrogens with zero attached hydrogens (tertiary/aromatic N) is 10. The van der Waals surface area contributed by atoms with E-state index in [-0.39, 0.29) is 11.8 Å². The predicted molar refractivity (Wildman–Crippen MR) is 177 cm³/mol. The molecule has 0 aliphatic heterocycles. The first-order valence-corrected chi connectivity index (χ1v) is 15.4. The number of rotatable bonds is 8. The maximum absolute atomic E-state index is 11.9. The quantitative estimate of drug-likeness (QED) is 0.234. The molecule has 7 aromatic rings. The van der Waals surface area contributed by atoms with Gasteiger partial charge in [0.15, 0.2) is 11.3 Å². The fourth-order valence-electron chi connectivity index (χ4n) is 6.03. The molecule has 0 aliphatic carbocycles. The molecular formula is C34H35N11O. The SMILES string of the molecule is CCc1cc(C(N)=O)ccc1-n1nc(C(C)C)c2c(-n3nc(C(C)C)c4c(-n5cnc(-c6cnn(C)c6)c5)ccnc43)ccnc21. The first-order chi connectivity index (χ1) is 22.2. The Morgan fingerprint density at radius 2 is 1.46 bits per heavy atom. The lowest BCUT2D eigenvalue weighted by molar-refractivity contribution is 0.1000. The number of primary amides is 1. The van der Waals surface area contributed by atoms with Gasteiger partial charge in [0, 0.05) is 43.0 Å². The molecule has 12 heteroatoms. The van der Waals surface area contributed by atoms with Crippen molar-refractivity contribution in [3.05, 3.63) is 90.2 Å². The van der Waals surface area contributed by atoms with Gasteiger partial charge in [0.05, 0.1) is 57.4 Å². The van der Waals surface area contributed by atoms with Gasteiger partial charge in [-0.25, -0.2) is 24.3 Å². The average molecular weight is 614 g/mol. The zero-order valence-electron chi connectivity index (χ0n) is 26.7. The van der Waals surface area contributed by atoms with Crippen LogP contribution in [0, 0.1) is 0 Å². The monoisotopic (exact) mass is 613 g/mol. The van der Waals surface area contributed by atoms with Gasteiger partial charge in [-0.3, -0.25) is 9.48 Å². The molecule has 0 atom stereocenters. The number of carbonyl (C=O) groups excluding carboxylic acids is 1. The van der Waals surface area contributed by atoms with E-state index in [9.17, 15) is 4.79 Å². The number of hydrogen-bond donors (Lipinski definition) is 1. The highest BCUT2D eigenvalue weighted by Crippen LogP contribution is 2.36. The zero-order chi connectivity index (χ0) is 32.3. The summed E-state index contributed by atoms with van der Waals surface area (Å²) in [5.41, 5.74) is 14.7. The number of amides is 1. The van der Waals surface area contributed by atoms with Crippen LogP contribution in [-0.4, -0.2) is 54.8 Å². The number of aryl methyl sites for hydroxylation is 2. The van der Waals surface area contributed by atoms with Crippen LogP contribution in [-0.2, 0) is 13.5 Å². The maximum atomic E-state index is 11.9. The summed E-state index contributed by atoms with van der Waals surface area (Å²) in [5.74, 6) is -0.251. The van der Waals surface area contributed by atoms with Crippen molar-refractivity contribution in [1.29, 1.82) is 0 Å². The van der Waals surface area contributed by atoms with E-state index >= 15 is 0 Å². The highest BCUT2D eigenvalue weighted by atomic mass is 16.1. The second kappa shape index (κ2) is 11.1. The topological polar surface area (TPSA) is 140 Å². The molecule has 0 bridgehead atoms. The number of imidazole rings is 1. The smallest absolute Gasteiger partial charge is 0.248 e. The summed E-state index contributed by atoms with van der Waals surface area (Å²) in [6.45, 7) is 10.6. The second-order valence-electron chi connectivity index (χ2n) is 12.1. The number of nitrogens with two attached hydrogens (primary N) is 1. The van der Waals surface area contributed by atoms with Crippen LogP contribution < -0.4 is 5.73 Å². The highest BCUT2D eigenvalue weighted by molar-refractivity contribution is 5.95. The Morgan fingerprint density at radius 3 is 2.04 bits per heavy atom. The minimum atomic E-state index is -0.461. The lowest BCUT2D eigenvalue weighted by Gasteiger charge is -2.11. The first kappa shape index (κ1) is 29.1. The van der Waals surface area contributed by atoms with Crippen LogP contribution in [0.1, 0.15) is 73.8 Å². The van der Waals surface area contributed by atoms with Gasteiger partial charge in [0.1, 0.15) is 0 Å². The van der Waals surface area contributed by atoms with Crippen LogP contribution in [0.2, 0.25) is 0 Å². The largest absolute Gasteiger partial charge is 0.366 e. The summed E-state index contributed by atoms with van der Waals surface area (Å²) in [5, 5.41) is 16.5. The van der Waals surface area contributed by atoms with Crippen molar-refractivity contribution >= 4 is 28.0 Å². The van der Waals surface area contributed by atoms with E-state index in [4.69, 9.17) is 25.9 Å². The molecule has 0 fully saturated rings. The summed E-state index contributed by atoms with van der Waals surface area (Å²) in [6.07, 6.45) is 11.9. The molecular weight excluding hydrogens is 578 g/mol. The van der Waals surface area contributed by atoms with Gasteiger partial charge >= 0.3 is 0 Å². The Kier molecular flexibility index (Phi) is 6.99. The predicted octanol–water partition coefficient (Wildman–Crippen LogP) is 5.65. The Morgan fingerprint density at radius 1 is 0.826 bits per heavy atom.